The van der Waals surface area contributed by atoms with Gasteiger partial charge in [0.1, 0.15) is 0 Å². The van der Waals surface area contributed by atoms with Crippen LogP contribution in [0.1, 0.15) is 23.1 Å². The van der Waals surface area contributed by atoms with Gasteiger partial charge in [-0.15, -0.1) is 0 Å². The molecule has 0 saturated carbocycles. The van der Waals surface area contributed by atoms with Crippen LogP contribution in [0.5, 0.6) is 5.75 Å². The number of pyridine rings is 2. The molecule has 0 bridgehead atoms. The predicted molar refractivity (Wildman–Crippen MR) is 377 cm³/mol. The second-order valence-corrected chi connectivity index (χ2v) is 23.2. The van der Waals surface area contributed by atoms with Gasteiger partial charge < -0.3 is 9.67 Å². The predicted octanol–water partition coefficient (Wildman–Crippen LogP) is 18.5. The van der Waals surface area contributed by atoms with Crippen LogP contribution in [-0.4, -0.2) is 9.55 Å². The molecule has 17 aromatic rings. The molecule has 424 valence electrons. The molecular weight excluding hydrogens is 1100 g/mol. The maximum atomic E-state index is 11.1. The molecule has 1 N–H and O–H groups in total. The summed E-state index contributed by atoms with van der Waals surface area (Å²) in [5.74, 6) is 0.0445. The van der Waals surface area contributed by atoms with Gasteiger partial charge in [0.05, 0.1) is 11.0 Å². The van der Waals surface area contributed by atoms with E-state index in [1.165, 1.54) is 132 Å². The summed E-state index contributed by atoms with van der Waals surface area (Å²) < 4.78 is 2.34. The van der Waals surface area contributed by atoms with E-state index in [2.05, 4.69) is 294 Å². The van der Waals surface area contributed by atoms with Crippen molar-refractivity contribution in [1.29, 1.82) is 0 Å². The molecule has 1 aliphatic carbocycles. The molecule has 18 rings (SSSR count). The molecule has 3 aromatic heterocycles. The van der Waals surface area contributed by atoms with Gasteiger partial charge in [0.25, 0.3) is 0 Å². The molecule has 0 fully saturated rings. The first-order chi connectivity index (χ1) is 44.6. The third kappa shape index (κ3) is 10.4. The minimum atomic E-state index is 0. The van der Waals surface area contributed by atoms with Crippen LogP contribution in [0.3, 0.4) is 0 Å². The van der Waals surface area contributed by atoms with E-state index in [0.717, 1.165) is 34.8 Å². The topological polar surface area (TPSA) is 55.0 Å². The summed E-state index contributed by atoms with van der Waals surface area (Å²) in [5, 5.41) is 27.4. The number of fused-ring (bicyclic) bond motifs is 10. The smallest absolute Gasteiger partial charge is 0.868 e. The molecular formula is C86H59LiN3O+. The van der Waals surface area contributed by atoms with Crippen LogP contribution < -0.4 is 29.0 Å². The second kappa shape index (κ2) is 24.5. The van der Waals surface area contributed by atoms with Gasteiger partial charge in [-0.25, -0.2) is 4.98 Å². The van der Waals surface area contributed by atoms with Crippen LogP contribution >= 0.6 is 0 Å². The fraction of sp³-hybridized carbons (Fsp3) is 0.0233. The van der Waals surface area contributed by atoms with Crippen LogP contribution in [0.2, 0.25) is 0 Å². The van der Waals surface area contributed by atoms with Crippen molar-refractivity contribution in [3.8, 4) is 55.9 Å². The number of rotatable bonds is 6. The Labute approximate surface area is 540 Å². The van der Waals surface area contributed by atoms with Crippen LogP contribution in [0.4, 0.5) is 0 Å². The Bertz CT molecular complexity index is 5560. The molecule has 14 aromatic carbocycles. The zero-order valence-electron chi connectivity index (χ0n) is 50.4. The summed E-state index contributed by atoms with van der Waals surface area (Å²) >= 11 is 0. The van der Waals surface area contributed by atoms with Crippen molar-refractivity contribution in [2.24, 2.45) is 0 Å². The van der Waals surface area contributed by atoms with E-state index in [-0.39, 0.29) is 24.6 Å². The third-order valence-electron chi connectivity index (χ3n) is 18.1. The first-order valence-corrected chi connectivity index (χ1v) is 30.9. The Morgan fingerprint density at radius 3 is 1.52 bits per heavy atom. The molecule has 5 heteroatoms. The molecule has 0 unspecified atom stereocenters. The Morgan fingerprint density at radius 1 is 0.341 bits per heavy atom. The van der Waals surface area contributed by atoms with E-state index in [9.17, 15) is 5.11 Å². The van der Waals surface area contributed by atoms with Gasteiger partial charge in [-0.05, 0) is 194 Å². The van der Waals surface area contributed by atoms with Crippen molar-refractivity contribution in [3.05, 3.63) is 339 Å². The maximum Gasteiger partial charge on any atom is 1.00 e. The van der Waals surface area contributed by atoms with Crippen molar-refractivity contribution in [1.82, 2.24) is 9.55 Å². The molecule has 4 nitrogen and oxygen atoms in total. The van der Waals surface area contributed by atoms with Gasteiger partial charge in [0.15, 0.2) is 6.20 Å². The number of H-pyrrole nitrogens is 1. The molecule has 0 radical (unpaired) electrons. The van der Waals surface area contributed by atoms with Crippen molar-refractivity contribution < 1.29 is 29.0 Å². The van der Waals surface area contributed by atoms with Gasteiger partial charge in [0, 0.05) is 40.3 Å². The number of aromatic nitrogens is 3. The Balaban J connectivity index is 0.000000132. The minimum Gasteiger partial charge on any atom is -0.868 e. The van der Waals surface area contributed by atoms with Gasteiger partial charge in [-0.3, -0.25) is 4.98 Å². The van der Waals surface area contributed by atoms with E-state index in [1.54, 1.807) is 18.3 Å². The maximum absolute atomic E-state index is 11.1. The zero-order chi connectivity index (χ0) is 59.9. The average Bonchev–Trinajstić information content (AvgIpc) is 1.11. The number of aryl methyl sites for hydroxylation is 1. The SMILES string of the molecule is C1=C(c2c3ccccc3c(-c3ccc4ccccc4c3)c3ccccc23)CCc2ccccc21.[Li+].[O-]c1cccc2ccc[nH+]c12.c1ccc(-c2c3ccccc3c(-c3ccccc3)c3cc(-c4ccc5c(c4)c4cnccc4n5-c4ccccc4)ccc23)cc1. The van der Waals surface area contributed by atoms with E-state index in [1.807, 2.05) is 30.6 Å². The fourth-order valence-corrected chi connectivity index (χ4v) is 14.0. The Hall–Kier alpha value is -11.1. The van der Waals surface area contributed by atoms with E-state index >= 15 is 0 Å². The van der Waals surface area contributed by atoms with E-state index in [0.29, 0.717) is 5.52 Å². The molecule has 0 amide bonds. The summed E-state index contributed by atoms with van der Waals surface area (Å²) in [5.41, 5.74) is 19.8. The first-order valence-electron chi connectivity index (χ1n) is 30.9. The van der Waals surface area contributed by atoms with Crippen LogP contribution in [0.25, 0.3) is 148 Å². The average molecular weight is 1160 g/mol. The van der Waals surface area contributed by atoms with E-state index in [4.69, 9.17) is 0 Å². The Morgan fingerprint density at radius 2 is 0.846 bits per heavy atom. The third-order valence-corrected chi connectivity index (χ3v) is 18.1. The standard InChI is InChI=1S/C43H28N2.C34H24.C9H7NO.Li/c1-4-12-29(13-5-1)42-34-18-10-11-19-35(34)43(30-14-6-2-7-15-30)38-27-31(20-22-36(38)42)32-21-23-40-37(26-32)39-28-44-25-24-41(39)45(40)33-16-8-3-9-17-33;1-3-11-25-21-27(19-17-23(25)9-1)33-29-13-5-7-15-31(29)34(32-16-8-6-14-30(32)33)28-20-18-24-10-2-4-12-26(24)22-28;11-8-5-1-3-7-4-2-6-10-9(7)8;/h1-28H;1-17,19,21-22H,18,20H2;1-6,11H;/q;;;+1. The van der Waals surface area contributed by atoms with Crippen LogP contribution in [-0.2, 0) is 6.42 Å². The summed E-state index contributed by atoms with van der Waals surface area (Å²) in [6.45, 7) is 0. The zero-order valence-corrected chi connectivity index (χ0v) is 50.4. The van der Waals surface area contributed by atoms with Crippen molar-refractivity contribution in [3.63, 3.8) is 0 Å². The number of nitrogens with one attached hydrogen (secondary N) is 1. The van der Waals surface area contributed by atoms with E-state index < -0.39 is 0 Å². The normalized spacial score (nSPS) is 11.9. The number of benzene rings is 14. The van der Waals surface area contributed by atoms with Gasteiger partial charge in [-0.2, -0.15) is 0 Å². The molecule has 0 saturated heterocycles. The fourth-order valence-electron chi connectivity index (χ4n) is 14.0. The molecule has 3 heterocycles. The number of nitrogens with zero attached hydrogens (tertiary/aromatic N) is 2. The quantitative estimate of drug-likeness (QED) is 0.123. The second-order valence-electron chi connectivity index (χ2n) is 23.2. The molecule has 0 spiro atoms. The molecule has 1 aliphatic rings. The molecule has 91 heavy (non-hydrogen) atoms. The molecule has 0 atom stereocenters. The van der Waals surface area contributed by atoms with Gasteiger partial charge >= 0.3 is 18.9 Å². The van der Waals surface area contributed by atoms with Crippen molar-refractivity contribution >= 4 is 98.2 Å². The minimum absolute atomic E-state index is 0. The number of hydrogen-bond donors (Lipinski definition) is 0. The summed E-state index contributed by atoms with van der Waals surface area (Å²) in [6.07, 6.45) is 10.2. The van der Waals surface area contributed by atoms with Crippen molar-refractivity contribution in [2.45, 2.75) is 12.8 Å². The summed E-state index contributed by atoms with van der Waals surface area (Å²) in [4.78, 5) is 7.42. The number of aromatic amines is 1. The number of para-hydroxylation sites is 2. The number of allylic oxidation sites excluding steroid dienone is 1. The van der Waals surface area contributed by atoms with Crippen LogP contribution in [0.15, 0.2) is 322 Å². The van der Waals surface area contributed by atoms with Crippen molar-refractivity contribution in [2.75, 3.05) is 0 Å². The van der Waals surface area contributed by atoms with Crippen LogP contribution in [0, 0.1) is 0 Å². The summed E-state index contributed by atoms with van der Waals surface area (Å²) in [7, 11) is 0. The number of hydrogen-bond acceptors (Lipinski definition) is 2. The largest absolute Gasteiger partial charge is 1.00 e. The van der Waals surface area contributed by atoms with Gasteiger partial charge in [0.2, 0.25) is 5.52 Å². The monoisotopic (exact) mass is 1160 g/mol. The summed E-state index contributed by atoms with van der Waals surface area (Å²) in [6, 6.07) is 108. The first kappa shape index (κ1) is 56.4. The Kier molecular flexibility index (Phi) is 15.2. The van der Waals surface area contributed by atoms with Gasteiger partial charge in [-0.1, -0.05) is 249 Å². The molecule has 0 aliphatic heterocycles.